The van der Waals surface area contributed by atoms with Gasteiger partial charge in [-0.15, -0.1) is 0 Å². The normalized spacial score (nSPS) is 11.9. The second-order valence-corrected chi connectivity index (χ2v) is 4.14. The van der Waals surface area contributed by atoms with E-state index in [1.54, 1.807) is 27.7 Å². The van der Waals surface area contributed by atoms with Crippen LogP contribution >= 0.6 is 7.82 Å². The SMILES string of the molecule is CC(C)OP(=O)(O)OC(C)C.[Zn]. The van der Waals surface area contributed by atoms with Gasteiger partial charge >= 0.3 is 7.82 Å². The number of hydrogen-bond donors (Lipinski definition) is 1. The second-order valence-electron chi connectivity index (χ2n) is 2.78. The van der Waals surface area contributed by atoms with Crippen LogP contribution in [-0.4, -0.2) is 17.1 Å². The molecule has 0 aliphatic rings. The number of rotatable bonds is 4. The third-order valence-corrected chi connectivity index (χ3v) is 2.06. The van der Waals surface area contributed by atoms with Crippen molar-refractivity contribution in [3.63, 3.8) is 0 Å². The molecule has 0 heterocycles. The zero-order chi connectivity index (χ0) is 9.07. The first-order valence-electron chi connectivity index (χ1n) is 3.53. The molecule has 0 aromatic rings. The Bertz CT molecular complexity index is 146. The maximum atomic E-state index is 10.9. The molecule has 4 nitrogen and oxygen atoms in total. The van der Waals surface area contributed by atoms with E-state index in [1.807, 2.05) is 0 Å². The van der Waals surface area contributed by atoms with Gasteiger partial charge in [0.25, 0.3) is 0 Å². The van der Waals surface area contributed by atoms with E-state index in [1.165, 1.54) is 0 Å². The Morgan fingerprint density at radius 1 is 1.08 bits per heavy atom. The fourth-order valence-electron chi connectivity index (χ4n) is 0.558. The zero-order valence-electron chi connectivity index (χ0n) is 7.98. The van der Waals surface area contributed by atoms with Gasteiger partial charge in [-0.25, -0.2) is 4.57 Å². The average molecular weight is 248 g/mol. The van der Waals surface area contributed by atoms with Crippen molar-refractivity contribution in [3.8, 4) is 0 Å². The molecule has 0 radical (unpaired) electrons. The van der Waals surface area contributed by atoms with Crippen LogP contribution in [0.15, 0.2) is 0 Å². The summed E-state index contributed by atoms with van der Waals surface area (Å²) >= 11 is 0. The van der Waals surface area contributed by atoms with E-state index >= 15 is 0 Å². The molecule has 1 N–H and O–H groups in total. The summed E-state index contributed by atoms with van der Waals surface area (Å²) in [5, 5.41) is 0. The first-order chi connectivity index (χ1) is 4.83. The van der Waals surface area contributed by atoms with E-state index in [0.29, 0.717) is 0 Å². The molecule has 0 aliphatic carbocycles. The minimum Gasteiger partial charge on any atom is -0.302 e. The second kappa shape index (κ2) is 6.23. The molecule has 0 spiro atoms. The molecular formula is C6H15O4PZn. The Labute approximate surface area is 86.0 Å². The van der Waals surface area contributed by atoms with Crippen molar-refractivity contribution in [3.05, 3.63) is 0 Å². The Balaban J connectivity index is 0. The van der Waals surface area contributed by atoms with Crippen LogP contribution in [0, 0.1) is 0 Å². The molecule has 6 heteroatoms. The van der Waals surface area contributed by atoms with Crippen LogP contribution in [0.2, 0.25) is 0 Å². The molecule has 0 aromatic heterocycles. The van der Waals surface area contributed by atoms with Crippen molar-refractivity contribution in [2.24, 2.45) is 0 Å². The molecule has 0 atom stereocenters. The van der Waals surface area contributed by atoms with Gasteiger partial charge < -0.3 is 4.89 Å². The Morgan fingerprint density at radius 2 is 1.33 bits per heavy atom. The molecule has 12 heavy (non-hydrogen) atoms. The van der Waals surface area contributed by atoms with Gasteiger partial charge in [-0.1, -0.05) is 0 Å². The summed E-state index contributed by atoms with van der Waals surface area (Å²) in [5.74, 6) is 0. The average Bonchev–Trinajstić information content (AvgIpc) is 1.53. The van der Waals surface area contributed by atoms with Crippen LogP contribution in [0.4, 0.5) is 0 Å². The van der Waals surface area contributed by atoms with E-state index in [9.17, 15) is 4.57 Å². The van der Waals surface area contributed by atoms with Crippen molar-refractivity contribution in [2.45, 2.75) is 39.9 Å². The topological polar surface area (TPSA) is 55.8 Å². The maximum absolute atomic E-state index is 10.9. The van der Waals surface area contributed by atoms with Gasteiger partial charge in [0.2, 0.25) is 0 Å². The Hall–Kier alpha value is 0.733. The molecule has 0 unspecified atom stereocenters. The van der Waals surface area contributed by atoms with E-state index in [0.717, 1.165) is 0 Å². The van der Waals surface area contributed by atoms with E-state index in [-0.39, 0.29) is 31.7 Å². The van der Waals surface area contributed by atoms with Crippen LogP contribution in [0.25, 0.3) is 0 Å². The fourth-order valence-corrected chi connectivity index (χ4v) is 1.67. The summed E-state index contributed by atoms with van der Waals surface area (Å²) < 4.78 is 20.2. The first-order valence-corrected chi connectivity index (χ1v) is 5.02. The standard InChI is InChI=1S/C6H15O4P.Zn/c1-5(2)9-11(7,8)10-6(3)4;/h5-6H,1-4H3,(H,7,8);. The molecule has 0 fully saturated rings. The number of phosphoric acid groups is 1. The molecule has 0 saturated carbocycles. The number of phosphoric ester groups is 1. The Kier molecular flexibility index (Phi) is 7.90. The minimum absolute atomic E-state index is 0. The minimum atomic E-state index is -3.80. The zero-order valence-corrected chi connectivity index (χ0v) is 11.8. The smallest absolute Gasteiger partial charge is 0.302 e. The van der Waals surface area contributed by atoms with Crippen molar-refractivity contribution in [1.82, 2.24) is 0 Å². The molecule has 0 rings (SSSR count). The van der Waals surface area contributed by atoms with Gasteiger partial charge in [0.05, 0.1) is 12.2 Å². The predicted molar refractivity (Wildman–Crippen MR) is 42.3 cm³/mol. The van der Waals surface area contributed by atoms with Crippen LogP contribution < -0.4 is 0 Å². The number of hydrogen-bond acceptors (Lipinski definition) is 3. The molecule has 0 amide bonds. The largest absolute Gasteiger partial charge is 0.472 e. The summed E-state index contributed by atoms with van der Waals surface area (Å²) in [4.78, 5) is 8.97. The van der Waals surface area contributed by atoms with E-state index in [4.69, 9.17) is 4.89 Å². The third kappa shape index (κ3) is 8.83. The van der Waals surface area contributed by atoms with E-state index < -0.39 is 7.82 Å². The summed E-state index contributed by atoms with van der Waals surface area (Å²) in [6, 6.07) is 0. The molecule has 0 bridgehead atoms. The Morgan fingerprint density at radius 3 is 1.50 bits per heavy atom. The van der Waals surface area contributed by atoms with E-state index in [2.05, 4.69) is 9.05 Å². The van der Waals surface area contributed by atoms with Crippen molar-refractivity contribution >= 4 is 7.82 Å². The monoisotopic (exact) mass is 246 g/mol. The van der Waals surface area contributed by atoms with Crippen molar-refractivity contribution in [2.75, 3.05) is 0 Å². The summed E-state index contributed by atoms with van der Waals surface area (Å²) in [6.45, 7) is 6.69. The third-order valence-electron chi connectivity index (χ3n) is 0.688. The van der Waals surface area contributed by atoms with Crippen LogP contribution in [-0.2, 0) is 33.1 Å². The molecule has 0 saturated heterocycles. The first kappa shape index (κ1) is 15.2. The van der Waals surface area contributed by atoms with Crippen LogP contribution in [0.1, 0.15) is 27.7 Å². The van der Waals surface area contributed by atoms with Gasteiger partial charge in [-0.05, 0) is 27.7 Å². The molecule has 0 aromatic carbocycles. The summed E-state index contributed by atoms with van der Waals surface area (Å²) in [5.41, 5.74) is 0. The molecule has 70 valence electrons. The van der Waals surface area contributed by atoms with Gasteiger partial charge in [0.1, 0.15) is 0 Å². The molecule has 0 aliphatic heterocycles. The van der Waals surface area contributed by atoms with Gasteiger partial charge in [0.15, 0.2) is 0 Å². The van der Waals surface area contributed by atoms with Gasteiger partial charge in [-0.2, -0.15) is 0 Å². The summed E-state index contributed by atoms with van der Waals surface area (Å²) in [7, 11) is -3.80. The maximum Gasteiger partial charge on any atom is 0.472 e. The van der Waals surface area contributed by atoms with Crippen LogP contribution in [0.5, 0.6) is 0 Å². The molecular weight excluding hydrogens is 232 g/mol. The van der Waals surface area contributed by atoms with Crippen molar-refractivity contribution < 1.29 is 38.0 Å². The summed E-state index contributed by atoms with van der Waals surface area (Å²) in [6.07, 6.45) is -0.603. The van der Waals surface area contributed by atoms with Gasteiger partial charge in [-0.3, -0.25) is 9.05 Å². The predicted octanol–water partition coefficient (Wildman–Crippen LogP) is 1.93. The fraction of sp³-hybridized carbons (Fsp3) is 1.00. The van der Waals surface area contributed by atoms with Crippen molar-refractivity contribution in [1.29, 1.82) is 0 Å². The van der Waals surface area contributed by atoms with Crippen LogP contribution in [0.3, 0.4) is 0 Å². The van der Waals surface area contributed by atoms with Gasteiger partial charge in [0, 0.05) is 19.5 Å². The quantitative estimate of drug-likeness (QED) is 0.609.